The van der Waals surface area contributed by atoms with E-state index in [0.717, 1.165) is 16.5 Å². The van der Waals surface area contributed by atoms with Gasteiger partial charge in [0.2, 0.25) is 0 Å². The van der Waals surface area contributed by atoms with E-state index in [1.54, 1.807) is 0 Å². The van der Waals surface area contributed by atoms with Gasteiger partial charge in [-0.05, 0) is 29.7 Å². The summed E-state index contributed by atoms with van der Waals surface area (Å²) in [5, 5.41) is 19.6. The third kappa shape index (κ3) is 3.45. The minimum absolute atomic E-state index is 0.0603. The topological polar surface area (TPSA) is 67.2 Å². The molecule has 120 valence electrons. The number of rotatable bonds is 3. The van der Waals surface area contributed by atoms with E-state index in [-0.39, 0.29) is 5.69 Å². The number of non-ortho nitro benzene ring substituents is 1. The van der Waals surface area contributed by atoms with Gasteiger partial charge in [-0.2, -0.15) is 0 Å². The van der Waals surface area contributed by atoms with Gasteiger partial charge in [-0.3, -0.25) is 10.1 Å². The molecule has 24 heavy (non-hydrogen) atoms. The van der Waals surface area contributed by atoms with E-state index in [4.69, 9.17) is 23.8 Å². The number of nitro groups is 1. The highest BCUT2D eigenvalue weighted by molar-refractivity contribution is 7.80. The molecule has 0 bridgehead atoms. The lowest BCUT2D eigenvalue weighted by atomic mass is 10.1. The Morgan fingerprint density at radius 1 is 1.00 bits per heavy atom. The maximum atomic E-state index is 10.9. The van der Waals surface area contributed by atoms with E-state index in [1.807, 2.05) is 42.5 Å². The molecule has 5 nitrogen and oxygen atoms in total. The number of hydrogen-bond donors (Lipinski definition) is 2. The lowest BCUT2D eigenvalue weighted by molar-refractivity contribution is -0.384. The van der Waals surface area contributed by atoms with Crippen molar-refractivity contribution in [3.05, 3.63) is 75.8 Å². The molecule has 0 aliphatic rings. The highest BCUT2D eigenvalue weighted by atomic mass is 35.5. The van der Waals surface area contributed by atoms with E-state index >= 15 is 0 Å². The van der Waals surface area contributed by atoms with Gasteiger partial charge in [0.05, 0.1) is 15.6 Å². The van der Waals surface area contributed by atoms with Crippen LogP contribution < -0.4 is 10.6 Å². The van der Waals surface area contributed by atoms with E-state index in [2.05, 4.69) is 10.6 Å². The average Bonchev–Trinajstić information content (AvgIpc) is 2.57. The van der Waals surface area contributed by atoms with Crippen LogP contribution in [0.15, 0.2) is 60.7 Å². The minimum atomic E-state index is -0.483. The fraction of sp³-hybridized carbons (Fsp3) is 0. The molecule has 0 amide bonds. The normalized spacial score (nSPS) is 10.4. The molecule has 3 aromatic carbocycles. The fourth-order valence-electron chi connectivity index (χ4n) is 2.33. The van der Waals surface area contributed by atoms with Crippen LogP contribution in [0.1, 0.15) is 0 Å². The van der Waals surface area contributed by atoms with Crippen LogP contribution in [-0.2, 0) is 0 Å². The first kappa shape index (κ1) is 16.2. The Labute approximate surface area is 148 Å². The van der Waals surface area contributed by atoms with Gasteiger partial charge < -0.3 is 10.6 Å². The Balaban J connectivity index is 1.83. The number of thiocarbonyl (C=S) groups is 1. The van der Waals surface area contributed by atoms with E-state index in [1.165, 1.54) is 18.2 Å². The van der Waals surface area contributed by atoms with Crippen molar-refractivity contribution in [1.29, 1.82) is 0 Å². The molecule has 0 aliphatic carbocycles. The monoisotopic (exact) mass is 357 g/mol. The van der Waals surface area contributed by atoms with Gasteiger partial charge >= 0.3 is 0 Å². The van der Waals surface area contributed by atoms with Crippen molar-refractivity contribution in [2.75, 3.05) is 10.6 Å². The summed E-state index contributed by atoms with van der Waals surface area (Å²) in [6, 6.07) is 17.9. The van der Waals surface area contributed by atoms with Crippen LogP contribution in [0.5, 0.6) is 0 Å². The minimum Gasteiger partial charge on any atom is -0.332 e. The molecular weight excluding hydrogens is 346 g/mol. The molecule has 0 aromatic heterocycles. The second-order valence-electron chi connectivity index (χ2n) is 5.03. The summed E-state index contributed by atoms with van der Waals surface area (Å²) in [7, 11) is 0. The number of nitrogens with one attached hydrogen (secondary N) is 2. The summed E-state index contributed by atoms with van der Waals surface area (Å²) in [5.41, 5.74) is 1.16. The Morgan fingerprint density at radius 2 is 1.71 bits per heavy atom. The molecule has 0 spiro atoms. The molecule has 3 rings (SSSR count). The summed E-state index contributed by atoms with van der Waals surface area (Å²) >= 11 is 11.4. The molecule has 0 radical (unpaired) electrons. The number of halogens is 1. The third-order valence-electron chi connectivity index (χ3n) is 3.45. The van der Waals surface area contributed by atoms with Gasteiger partial charge in [-0.25, -0.2) is 0 Å². The molecule has 2 N–H and O–H groups in total. The second kappa shape index (κ2) is 6.82. The van der Waals surface area contributed by atoms with E-state index in [9.17, 15) is 10.1 Å². The standard InChI is InChI=1S/C17H12ClN3O2S/c18-14-9-8-12(21(22)23)10-16(14)20-17(24)19-15-7-3-5-11-4-1-2-6-13(11)15/h1-10H,(H2,19,20,24). The lowest BCUT2D eigenvalue weighted by Crippen LogP contribution is -2.19. The van der Waals surface area contributed by atoms with Crippen LogP contribution in [0.4, 0.5) is 17.1 Å². The van der Waals surface area contributed by atoms with E-state index < -0.39 is 4.92 Å². The Morgan fingerprint density at radius 3 is 2.50 bits per heavy atom. The van der Waals surface area contributed by atoms with Crippen molar-refractivity contribution in [2.24, 2.45) is 0 Å². The van der Waals surface area contributed by atoms with E-state index in [0.29, 0.717) is 15.8 Å². The van der Waals surface area contributed by atoms with Crippen LogP contribution in [-0.4, -0.2) is 10.0 Å². The fourth-order valence-corrected chi connectivity index (χ4v) is 2.72. The van der Waals surface area contributed by atoms with Gasteiger partial charge in [0.25, 0.3) is 5.69 Å². The third-order valence-corrected chi connectivity index (χ3v) is 3.98. The van der Waals surface area contributed by atoms with Crippen molar-refractivity contribution < 1.29 is 4.92 Å². The van der Waals surface area contributed by atoms with Gasteiger partial charge in [0.15, 0.2) is 5.11 Å². The van der Waals surface area contributed by atoms with Gasteiger partial charge in [-0.1, -0.05) is 48.0 Å². The number of anilines is 2. The van der Waals surface area contributed by atoms with Crippen molar-refractivity contribution in [2.45, 2.75) is 0 Å². The van der Waals surface area contributed by atoms with Gasteiger partial charge in [-0.15, -0.1) is 0 Å². The zero-order chi connectivity index (χ0) is 17.1. The predicted octanol–water partition coefficient (Wildman–Crippen LogP) is 5.21. The van der Waals surface area contributed by atoms with Crippen LogP contribution >= 0.6 is 23.8 Å². The van der Waals surface area contributed by atoms with Crippen LogP contribution in [0, 0.1) is 10.1 Å². The maximum Gasteiger partial charge on any atom is 0.271 e. The summed E-state index contributed by atoms with van der Waals surface area (Å²) < 4.78 is 0. The number of fused-ring (bicyclic) bond motifs is 1. The first-order valence-corrected chi connectivity index (χ1v) is 7.83. The molecule has 7 heteroatoms. The molecule has 3 aromatic rings. The lowest BCUT2D eigenvalue weighted by Gasteiger charge is -2.13. The molecule has 0 saturated carbocycles. The van der Waals surface area contributed by atoms with Crippen molar-refractivity contribution in [3.63, 3.8) is 0 Å². The number of benzene rings is 3. The van der Waals surface area contributed by atoms with Crippen molar-refractivity contribution >= 4 is 56.8 Å². The smallest absolute Gasteiger partial charge is 0.271 e. The maximum absolute atomic E-state index is 10.9. The molecule has 0 aliphatic heterocycles. The van der Waals surface area contributed by atoms with Crippen LogP contribution in [0.25, 0.3) is 10.8 Å². The van der Waals surface area contributed by atoms with Gasteiger partial charge in [0, 0.05) is 23.2 Å². The Kier molecular flexibility index (Phi) is 4.59. The number of nitro benzene ring substituents is 1. The van der Waals surface area contributed by atoms with Gasteiger partial charge in [0.1, 0.15) is 0 Å². The van der Waals surface area contributed by atoms with Crippen LogP contribution in [0.2, 0.25) is 5.02 Å². The van der Waals surface area contributed by atoms with Crippen molar-refractivity contribution in [1.82, 2.24) is 0 Å². The first-order valence-electron chi connectivity index (χ1n) is 7.04. The molecule has 0 fully saturated rings. The molecule has 0 saturated heterocycles. The molecular formula is C17H12ClN3O2S. The number of nitrogens with zero attached hydrogens (tertiary/aromatic N) is 1. The zero-order valence-corrected chi connectivity index (χ0v) is 13.9. The molecule has 0 heterocycles. The first-order chi connectivity index (χ1) is 11.5. The SMILES string of the molecule is O=[N+]([O-])c1ccc(Cl)c(NC(=S)Nc2cccc3ccccc23)c1. The summed E-state index contributed by atoms with van der Waals surface area (Å²) in [6.07, 6.45) is 0. The molecule has 0 unspecified atom stereocenters. The largest absolute Gasteiger partial charge is 0.332 e. The number of hydrogen-bond acceptors (Lipinski definition) is 3. The highest BCUT2D eigenvalue weighted by Gasteiger charge is 2.11. The summed E-state index contributed by atoms with van der Waals surface area (Å²) in [4.78, 5) is 10.4. The van der Waals surface area contributed by atoms with Crippen LogP contribution in [0.3, 0.4) is 0 Å². The summed E-state index contributed by atoms with van der Waals surface area (Å²) in [6.45, 7) is 0. The Hall–Kier alpha value is -2.70. The predicted molar refractivity (Wildman–Crippen MR) is 102 cm³/mol. The quantitative estimate of drug-likeness (QED) is 0.382. The second-order valence-corrected chi connectivity index (χ2v) is 5.84. The average molecular weight is 358 g/mol. The summed E-state index contributed by atoms with van der Waals surface area (Å²) in [5.74, 6) is 0. The molecule has 0 atom stereocenters. The highest BCUT2D eigenvalue weighted by Crippen LogP contribution is 2.27. The Bertz CT molecular complexity index is 941. The van der Waals surface area contributed by atoms with Crippen molar-refractivity contribution in [3.8, 4) is 0 Å². The zero-order valence-electron chi connectivity index (χ0n) is 12.3.